The molecule has 7 heteroatoms. The molecule has 0 fully saturated rings. The van der Waals surface area contributed by atoms with Crippen molar-refractivity contribution < 1.29 is 33.3 Å². The van der Waals surface area contributed by atoms with Crippen LogP contribution in [0.5, 0.6) is 23.0 Å². The van der Waals surface area contributed by atoms with Crippen molar-refractivity contribution in [3.8, 4) is 23.0 Å². The quantitative estimate of drug-likeness (QED) is 0.518. The number of hydrogen-bond donors (Lipinski definition) is 0. The number of Topliss-reactive ketones (excluding diaryl/α,β-unsaturated/α-hetero) is 1. The van der Waals surface area contributed by atoms with E-state index >= 15 is 0 Å². The van der Waals surface area contributed by atoms with Crippen molar-refractivity contribution in [1.29, 1.82) is 0 Å². The monoisotopic (exact) mass is 374 g/mol. The number of carbonyl (C=O) groups is 2. The number of ether oxygens (including phenoxy) is 5. The maximum Gasteiger partial charge on any atom is 0.303 e. The molecule has 2 rings (SSSR count). The Bertz CT molecular complexity index is 785. The highest BCUT2D eigenvalue weighted by Crippen LogP contribution is 2.32. The second kappa shape index (κ2) is 8.93. The Morgan fingerprint density at radius 3 is 1.48 bits per heavy atom. The number of benzene rings is 2. The number of methoxy groups -OCH3 is 4. The number of hydrogen-bond acceptors (Lipinski definition) is 7. The Morgan fingerprint density at radius 2 is 1.11 bits per heavy atom. The third-order valence-corrected chi connectivity index (χ3v) is 3.83. The average Bonchev–Trinajstić information content (AvgIpc) is 2.70. The van der Waals surface area contributed by atoms with Gasteiger partial charge in [-0.2, -0.15) is 0 Å². The van der Waals surface area contributed by atoms with E-state index in [-0.39, 0.29) is 5.56 Å². The number of ketones is 1. The van der Waals surface area contributed by atoms with E-state index < -0.39 is 17.9 Å². The van der Waals surface area contributed by atoms with E-state index in [0.717, 1.165) is 0 Å². The molecule has 0 aliphatic carbocycles. The summed E-state index contributed by atoms with van der Waals surface area (Å²) in [5, 5.41) is 0. The summed E-state index contributed by atoms with van der Waals surface area (Å²) < 4.78 is 26.2. The standard InChI is InChI=1S/C20H22O7/c1-12(21)27-20(14-8-17(25-4)11-18(9-14)26-5)19(22)13-6-15(23-2)10-16(7-13)24-3/h6-11,20H,1-5H3. The fraction of sp³-hybridized carbons (Fsp3) is 0.300. The molecule has 2 aromatic rings. The molecule has 0 bridgehead atoms. The summed E-state index contributed by atoms with van der Waals surface area (Å²) in [6.07, 6.45) is -1.18. The summed E-state index contributed by atoms with van der Waals surface area (Å²) in [4.78, 5) is 24.8. The molecule has 0 saturated carbocycles. The van der Waals surface area contributed by atoms with Crippen LogP contribution >= 0.6 is 0 Å². The van der Waals surface area contributed by atoms with Crippen molar-refractivity contribution in [3.05, 3.63) is 47.5 Å². The average molecular weight is 374 g/mol. The van der Waals surface area contributed by atoms with E-state index in [0.29, 0.717) is 28.6 Å². The van der Waals surface area contributed by atoms with E-state index in [1.807, 2.05) is 0 Å². The zero-order valence-electron chi connectivity index (χ0n) is 15.9. The Balaban J connectivity index is 2.54. The van der Waals surface area contributed by atoms with Gasteiger partial charge in [-0.3, -0.25) is 9.59 Å². The van der Waals surface area contributed by atoms with Gasteiger partial charge in [-0.05, 0) is 24.3 Å². The predicted octanol–water partition coefficient (Wildman–Crippen LogP) is 3.21. The van der Waals surface area contributed by atoms with Crippen molar-refractivity contribution in [2.24, 2.45) is 0 Å². The summed E-state index contributed by atoms with van der Waals surface area (Å²) in [6.45, 7) is 1.24. The molecule has 7 nitrogen and oxygen atoms in total. The van der Waals surface area contributed by atoms with E-state index in [4.69, 9.17) is 23.7 Å². The smallest absolute Gasteiger partial charge is 0.303 e. The lowest BCUT2D eigenvalue weighted by atomic mass is 9.98. The van der Waals surface area contributed by atoms with Gasteiger partial charge >= 0.3 is 5.97 Å². The lowest BCUT2D eigenvalue weighted by Gasteiger charge is -2.19. The second-order valence-corrected chi connectivity index (χ2v) is 5.60. The first-order valence-corrected chi connectivity index (χ1v) is 8.09. The molecule has 2 aromatic carbocycles. The van der Waals surface area contributed by atoms with Gasteiger partial charge in [0.2, 0.25) is 5.78 Å². The van der Waals surface area contributed by atoms with Gasteiger partial charge in [-0.25, -0.2) is 0 Å². The van der Waals surface area contributed by atoms with Crippen LogP contribution in [0.4, 0.5) is 0 Å². The SMILES string of the molecule is COc1cc(OC)cc(C(=O)C(OC(C)=O)c2cc(OC)cc(OC)c2)c1. The van der Waals surface area contributed by atoms with Crippen LogP contribution in [0.25, 0.3) is 0 Å². The van der Waals surface area contributed by atoms with Crippen LogP contribution < -0.4 is 18.9 Å². The highest BCUT2D eigenvalue weighted by Gasteiger charge is 2.27. The van der Waals surface area contributed by atoms with Crippen molar-refractivity contribution in [2.45, 2.75) is 13.0 Å². The first kappa shape index (κ1) is 20.1. The van der Waals surface area contributed by atoms with E-state index in [1.54, 1.807) is 36.4 Å². The van der Waals surface area contributed by atoms with E-state index in [9.17, 15) is 9.59 Å². The third kappa shape index (κ3) is 4.91. The van der Waals surface area contributed by atoms with Crippen molar-refractivity contribution in [1.82, 2.24) is 0 Å². The minimum absolute atomic E-state index is 0.277. The van der Waals surface area contributed by atoms with Gasteiger partial charge < -0.3 is 23.7 Å². The Morgan fingerprint density at radius 1 is 0.704 bits per heavy atom. The van der Waals surface area contributed by atoms with E-state index in [1.165, 1.54) is 35.4 Å². The van der Waals surface area contributed by atoms with Crippen molar-refractivity contribution in [3.63, 3.8) is 0 Å². The van der Waals surface area contributed by atoms with Crippen LogP contribution in [0.15, 0.2) is 36.4 Å². The van der Waals surface area contributed by atoms with Crippen LogP contribution in [0, 0.1) is 0 Å². The van der Waals surface area contributed by atoms with E-state index in [2.05, 4.69) is 0 Å². The van der Waals surface area contributed by atoms with Gasteiger partial charge in [0.15, 0.2) is 6.10 Å². The topological polar surface area (TPSA) is 80.3 Å². The Labute approximate surface area is 157 Å². The van der Waals surface area contributed by atoms with Crippen LogP contribution in [-0.4, -0.2) is 40.2 Å². The highest BCUT2D eigenvalue weighted by atomic mass is 16.5. The zero-order chi connectivity index (χ0) is 20.0. The molecular weight excluding hydrogens is 352 g/mol. The fourth-order valence-electron chi connectivity index (χ4n) is 2.52. The van der Waals surface area contributed by atoms with Gasteiger partial charge in [-0.15, -0.1) is 0 Å². The van der Waals surface area contributed by atoms with Crippen LogP contribution in [-0.2, 0) is 9.53 Å². The molecular formula is C20H22O7. The first-order chi connectivity index (χ1) is 12.9. The molecule has 1 atom stereocenters. The number of carbonyl (C=O) groups excluding carboxylic acids is 2. The normalized spacial score (nSPS) is 11.3. The zero-order valence-corrected chi connectivity index (χ0v) is 15.9. The fourth-order valence-corrected chi connectivity index (χ4v) is 2.52. The molecule has 0 aliphatic rings. The molecule has 0 N–H and O–H groups in total. The molecule has 144 valence electrons. The first-order valence-electron chi connectivity index (χ1n) is 8.09. The molecule has 0 radical (unpaired) electrons. The highest BCUT2D eigenvalue weighted by molar-refractivity contribution is 6.01. The van der Waals surface area contributed by atoms with Crippen LogP contribution in [0.2, 0.25) is 0 Å². The van der Waals surface area contributed by atoms with Crippen LogP contribution in [0.3, 0.4) is 0 Å². The van der Waals surface area contributed by atoms with Gasteiger partial charge in [-0.1, -0.05) is 0 Å². The maximum absolute atomic E-state index is 13.1. The summed E-state index contributed by atoms with van der Waals surface area (Å²) in [5.41, 5.74) is 0.701. The molecule has 1 unspecified atom stereocenters. The predicted molar refractivity (Wildman–Crippen MR) is 97.9 cm³/mol. The number of esters is 1. The second-order valence-electron chi connectivity index (χ2n) is 5.60. The number of rotatable bonds is 8. The summed E-state index contributed by atoms with van der Waals surface area (Å²) in [7, 11) is 5.96. The van der Waals surface area contributed by atoms with Gasteiger partial charge in [0.1, 0.15) is 23.0 Å². The van der Waals surface area contributed by atoms with Crippen LogP contribution in [0.1, 0.15) is 28.9 Å². The molecule has 0 heterocycles. The summed E-state index contributed by atoms with van der Waals surface area (Å²) >= 11 is 0. The largest absolute Gasteiger partial charge is 0.497 e. The minimum Gasteiger partial charge on any atom is -0.497 e. The molecule has 0 aromatic heterocycles. The van der Waals surface area contributed by atoms with Gasteiger partial charge in [0, 0.05) is 30.2 Å². The maximum atomic E-state index is 13.1. The lowest BCUT2D eigenvalue weighted by Crippen LogP contribution is -2.19. The van der Waals surface area contributed by atoms with Gasteiger partial charge in [0.05, 0.1) is 28.4 Å². The molecule has 0 saturated heterocycles. The Hall–Kier alpha value is -3.22. The summed E-state index contributed by atoms with van der Waals surface area (Å²) in [5.74, 6) is 0.808. The van der Waals surface area contributed by atoms with Crippen molar-refractivity contribution >= 4 is 11.8 Å². The van der Waals surface area contributed by atoms with Crippen molar-refractivity contribution in [2.75, 3.05) is 28.4 Å². The Kier molecular flexibility index (Phi) is 6.65. The molecule has 0 spiro atoms. The van der Waals surface area contributed by atoms with Gasteiger partial charge in [0.25, 0.3) is 0 Å². The third-order valence-electron chi connectivity index (χ3n) is 3.83. The minimum atomic E-state index is -1.18. The molecule has 0 amide bonds. The summed E-state index contributed by atoms with van der Waals surface area (Å²) in [6, 6.07) is 9.65. The lowest BCUT2D eigenvalue weighted by molar-refractivity contribution is -0.144. The molecule has 0 aliphatic heterocycles. The molecule has 27 heavy (non-hydrogen) atoms.